The topological polar surface area (TPSA) is 24.1 Å². The van der Waals surface area contributed by atoms with Gasteiger partial charge in [-0.2, -0.15) is 0 Å². The van der Waals surface area contributed by atoms with Gasteiger partial charge in [0, 0.05) is 33.9 Å². The molecule has 0 aromatic heterocycles. The van der Waals surface area contributed by atoms with Gasteiger partial charge in [0.1, 0.15) is 0 Å². The van der Waals surface area contributed by atoms with Gasteiger partial charge in [0.05, 0.1) is 0 Å². The Balaban J connectivity index is 1.29. The molecule has 0 aliphatic heterocycles. The molecule has 10 rings (SSSR count). The number of rotatable bonds is 21. The van der Waals surface area contributed by atoms with Gasteiger partial charge in [-0.05, 0) is 252 Å². The molecule has 94 heavy (non-hydrogen) atoms. The Hall–Kier alpha value is -7.68. The Morgan fingerprint density at radius 1 is 0.202 bits per heavy atom. The summed E-state index contributed by atoms with van der Waals surface area (Å²) in [5.74, 6) is 4.17. The summed E-state index contributed by atoms with van der Waals surface area (Å²) in [7, 11) is 0. The molecule has 0 fully saturated rings. The van der Waals surface area contributed by atoms with Crippen LogP contribution >= 0.6 is 0 Å². The first-order valence-corrected chi connectivity index (χ1v) is 36.1. The van der Waals surface area contributed by atoms with Gasteiger partial charge in [-0.3, -0.25) is 0 Å². The maximum atomic E-state index is 4.32. The maximum absolute atomic E-state index is 4.32. The summed E-state index contributed by atoms with van der Waals surface area (Å²) in [6.45, 7) is 56.9. The quantitative estimate of drug-likeness (QED) is 0.0749. The van der Waals surface area contributed by atoms with Gasteiger partial charge in [0.2, 0.25) is 0 Å². The van der Waals surface area contributed by atoms with Crippen molar-refractivity contribution < 1.29 is 0 Å². The Kier molecular flexibility index (Phi) is 20.8. The first kappa shape index (κ1) is 69.2. The molecular weight excluding hydrogens is 1130 g/mol. The van der Waals surface area contributed by atoms with Crippen molar-refractivity contribution in [1.82, 2.24) is 0 Å². The van der Waals surface area contributed by atoms with Gasteiger partial charge in [-0.1, -0.05) is 275 Å². The third kappa shape index (κ3) is 14.0. The molecule has 0 radical (unpaired) electrons. The van der Waals surface area contributed by atoms with Crippen LogP contribution in [0.2, 0.25) is 0 Å². The molecule has 0 unspecified atom stereocenters. The van der Waals surface area contributed by atoms with Gasteiger partial charge >= 0.3 is 0 Å². The molecule has 2 N–H and O–H groups in total. The van der Waals surface area contributed by atoms with E-state index in [1.165, 1.54) is 144 Å². The molecule has 0 bridgehead atoms. The van der Waals surface area contributed by atoms with Gasteiger partial charge in [0.15, 0.2) is 0 Å². The number of benzene rings is 10. The first-order chi connectivity index (χ1) is 44.5. The zero-order valence-corrected chi connectivity index (χ0v) is 61.9. The van der Waals surface area contributed by atoms with Crippen LogP contribution < -0.4 is 10.6 Å². The molecule has 0 atom stereocenters. The predicted molar refractivity (Wildman–Crippen MR) is 417 cm³/mol. The summed E-state index contributed by atoms with van der Waals surface area (Å²) in [4.78, 5) is 0. The molecule has 2 heteroatoms. The highest BCUT2D eigenvalue weighted by Crippen LogP contribution is 2.51. The van der Waals surface area contributed by atoms with Crippen LogP contribution in [0.25, 0.3) is 77.2 Å². The molecular formula is C92H112N2. The summed E-state index contributed by atoms with van der Waals surface area (Å²) in [6, 6.07) is 62.6. The number of hydrogen-bond acceptors (Lipinski definition) is 2. The second-order valence-corrected chi connectivity index (χ2v) is 31.4. The van der Waals surface area contributed by atoms with Gasteiger partial charge in [-0.15, -0.1) is 0 Å². The van der Waals surface area contributed by atoms with Crippen molar-refractivity contribution in [3.8, 4) is 55.6 Å². The summed E-state index contributed by atoms with van der Waals surface area (Å²) >= 11 is 0. The largest absolute Gasteiger partial charge is 0.355 e. The van der Waals surface area contributed by atoms with E-state index >= 15 is 0 Å². The average Bonchev–Trinajstić information content (AvgIpc) is 0.758. The van der Waals surface area contributed by atoms with E-state index in [0.717, 1.165) is 22.7 Å². The lowest BCUT2D eigenvalue weighted by atomic mass is 9.79. The van der Waals surface area contributed by atoms with E-state index in [2.05, 4.69) is 335 Å². The fourth-order valence-electron chi connectivity index (χ4n) is 14.7. The highest BCUT2D eigenvalue weighted by atomic mass is 14.9. The zero-order valence-electron chi connectivity index (χ0n) is 61.9. The van der Waals surface area contributed by atoms with E-state index in [4.69, 9.17) is 0 Å². The van der Waals surface area contributed by atoms with E-state index in [-0.39, 0.29) is 0 Å². The molecule has 0 saturated carbocycles. The van der Waals surface area contributed by atoms with Gasteiger partial charge < -0.3 is 10.6 Å². The van der Waals surface area contributed by atoms with Crippen molar-refractivity contribution in [1.29, 1.82) is 0 Å². The Morgan fingerprint density at radius 2 is 0.415 bits per heavy atom. The van der Waals surface area contributed by atoms with E-state index in [9.17, 15) is 0 Å². The molecule has 0 aliphatic carbocycles. The van der Waals surface area contributed by atoms with Crippen LogP contribution in [0.5, 0.6) is 0 Å². The lowest BCUT2D eigenvalue weighted by Gasteiger charge is -2.27. The molecule has 0 saturated heterocycles. The molecule has 0 spiro atoms. The summed E-state index contributed by atoms with van der Waals surface area (Å²) in [5.41, 5.74) is 34.0. The standard InChI is InChI=1S/C92H112N2/c1-51(2)65-43-77(55(9)10)87(78(44-65)56(11)12)69-37-70(88-79(57(13)14)45-66(52(3)4)46-80(88)58(15)16)40-73(39-69)93-85-35-33-63-29-25-27-31-75(63)91(85)92-76-32-28-26-30-64(76)34-36-86(92)94-74-41-71(89-81(59(17)18)47-67(53(5)6)48-82(89)60(19)20)38-72(42-74)90-83(61(21)22)49-68(54(7)8)50-84(90)62(23)24/h25-62,93-94H,1-24H3. The Bertz CT molecular complexity index is 3810. The maximum Gasteiger partial charge on any atom is 0.0471 e. The fraction of sp³-hybridized carbons (Fsp3) is 0.391. The van der Waals surface area contributed by atoms with Gasteiger partial charge in [-0.25, -0.2) is 0 Å². The number of nitrogens with one attached hydrogen (secondary N) is 2. The van der Waals surface area contributed by atoms with Crippen molar-refractivity contribution in [2.45, 2.75) is 237 Å². The Labute approximate surface area is 568 Å². The summed E-state index contributed by atoms with van der Waals surface area (Å²) in [6.07, 6.45) is 0. The van der Waals surface area contributed by atoms with Crippen LogP contribution in [0.15, 0.2) is 158 Å². The molecule has 0 amide bonds. The van der Waals surface area contributed by atoms with Gasteiger partial charge in [0.25, 0.3) is 0 Å². The summed E-state index contributed by atoms with van der Waals surface area (Å²) in [5, 5.41) is 13.4. The molecule has 490 valence electrons. The molecule has 10 aromatic carbocycles. The normalized spacial score (nSPS) is 12.3. The second kappa shape index (κ2) is 28.3. The SMILES string of the molecule is CC(C)c1cc(C(C)C)c(-c2cc(Nc3ccc4ccccc4c3-c3c(Nc4cc(-c5c(C(C)C)cc(C(C)C)cc5C(C)C)cc(-c5c(C(C)C)cc(C(C)C)cc5C(C)C)c4)ccc4ccccc34)cc(-c3c(C(C)C)cc(C(C)C)cc3C(C)C)c2)c(C(C)C)c1. The molecule has 10 aromatic rings. The van der Waals surface area contributed by atoms with Crippen molar-refractivity contribution in [2.75, 3.05) is 10.6 Å². The minimum Gasteiger partial charge on any atom is -0.355 e. The Morgan fingerprint density at radius 3 is 0.617 bits per heavy atom. The van der Waals surface area contributed by atoms with Crippen LogP contribution in [0.1, 0.15) is 304 Å². The van der Waals surface area contributed by atoms with Crippen LogP contribution in [0.3, 0.4) is 0 Å². The highest BCUT2D eigenvalue weighted by Gasteiger charge is 2.28. The monoisotopic (exact) mass is 1240 g/mol. The number of hydrogen-bond donors (Lipinski definition) is 2. The van der Waals surface area contributed by atoms with Crippen molar-refractivity contribution in [2.24, 2.45) is 0 Å². The van der Waals surface area contributed by atoms with E-state index in [0.29, 0.717) is 71.0 Å². The van der Waals surface area contributed by atoms with Crippen LogP contribution in [-0.4, -0.2) is 0 Å². The third-order valence-corrected chi connectivity index (χ3v) is 20.2. The number of fused-ring (bicyclic) bond motifs is 2. The molecule has 2 nitrogen and oxygen atoms in total. The van der Waals surface area contributed by atoms with E-state index < -0.39 is 0 Å². The van der Waals surface area contributed by atoms with Crippen LogP contribution in [-0.2, 0) is 0 Å². The van der Waals surface area contributed by atoms with Crippen LogP contribution in [0.4, 0.5) is 22.7 Å². The summed E-state index contributed by atoms with van der Waals surface area (Å²) < 4.78 is 0. The smallest absolute Gasteiger partial charge is 0.0471 e. The highest BCUT2D eigenvalue weighted by molar-refractivity contribution is 6.14. The lowest BCUT2D eigenvalue weighted by Crippen LogP contribution is -2.06. The first-order valence-electron chi connectivity index (χ1n) is 36.1. The molecule has 0 heterocycles. The lowest BCUT2D eigenvalue weighted by molar-refractivity contribution is 0.806. The van der Waals surface area contributed by atoms with Crippen LogP contribution in [0, 0.1) is 0 Å². The minimum absolute atomic E-state index is 0.315. The third-order valence-electron chi connectivity index (χ3n) is 20.2. The van der Waals surface area contributed by atoms with Crippen molar-refractivity contribution in [3.05, 3.63) is 224 Å². The van der Waals surface area contributed by atoms with E-state index in [1.54, 1.807) is 0 Å². The predicted octanol–water partition coefficient (Wildman–Crippen LogP) is 29.3. The fourth-order valence-corrected chi connectivity index (χ4v) is 14.7. The van der Waals surface area contributed by atoms with Crippen molar-refractivity contribution >= 4 is 44.3 Å². The molecule has 0 aliphatic rings. The average molecular weight is 1250 g/mol. The number of anilines is 4. The second-order valence-electron chi connectivity index (χ2n) is 31.4. The zero-order chi connectivity index (χ0) is 68.0. The van der Waals surface area contributed by atoms with E-state index in [1.807, 2.05) is 0 Å². The minimum atomic E-state index is 0.315. The van der Waals surface area contributed by atoms with Crippen molar-refractivity contribution in [3.63, 3.8) is 0 Å².